The second kappa shape index (κ2) is 5.55. The zero-order valence-corrected chi connectivity index (χ0v) is 11.4. The van der Waals surface area contributed by atoms with Gasteiger partial charge in [0.05, 0.1) is 10.0 Å². The molecule has 0 aliphatic carbocycles. The van der Waals surface area contributed by atoms with Gasteiger partial charge in [0.15, 0.2) is 5.82 Å². The molecule has 0 aliphatic heterocycles. The van der Waals surface area contributed by atoms with E-state index in [2.05, 4.69) is 4.98 Å². The van der Waals surface area contributed by atoms with E-state index in [0.29, 0.717) is 15.9 Å². The Balaban J connectivity index is 2.19. The second-order valence-corrected chi connectivity index (χ2v) is 4.70. The Morgan fingerprint density at radius 3 is 2.78 bits per heavy atom. The summed E-state index contributed by atoms with van der Waals surface area (Å²) in [5, 5.41) is 0.948. The van der Waals surface area contributed by atoms with Gasteiger partial charge in [-0.2, -0.15) is 0 Å². The third kappa shape index (κ3) is 2.74. The molecule has 0 bridgehead atoms. The highest BCUT2D eigenvalue weighted by atomic mass is 35.5. The van der Waals surface area contributed by atoms with Crippen LogP contribution in [-0.4, -0.2) is 15.3 Å². The van der Waals surface area contributed by atoms with Crippen LogP contribution in [0.25, 0.3) is 0 Å². The zero-order valence-electron chi connectivity index (χ0n) is 9.86. The number of Topliss-reactive ketones (excluding diaryl/α,β-unsaturated/α-hetero) is 1. The Morgan fingerprint density at radius 1 is 1.33 bits per heavy atom. The van der Waals surface area contributed by atoms with Crippen molar-refractivity contribution in [2.75, 3.05) is 0 Å². The van der Waals surface area contributed by atoms with E-state index in [1.54, 1.807) is 30.6 Å². The molecular formula is C13H12Cl2N2O. The molecule has 1 heterocycles. The molecule has 0 radical (unpaired) electrons. The molecule has 0 N–H and O–H groups in total. The van der Waals surface area contributed by atoms with Crippen LogP contribution in [-0.2, 0) is 13.0 Å². The molecule has 94 valence electrons. The summed E-state index contributed by atoms with van der Waals surface area (Å²) in [7, 11) is 0. The predicted octanol–water partition coefficient (Wildman–Crippen LogP) is 3.64. The number of imidazole rings is 1. The van der Waals surface area contributed by atoms with Crippen LogP contribution in [0.15, 0.2) is 30.6 Å². The number of aryl methyl sites for hydroxylation is 1. The summed E-state index contributed by atoms with van der Waals surface area (Å²) < 4.78 is 1.82. The molecule has 0 unspecified atom stereocenters. The van der Waals surface area contributed by atoms with Gasteiger partial charge in [0, 0.05) is 25.4 Å². The Bertz CT molecular complexity index is 578. The fraction of sp³-hybridized carbons (Fsp3) is 0.231. The van der Waals surface area contributed by atoms with E-state index >= 15 is 0 Å². The van der Waals surface area contributed by atoms with Crippen molar-refractivity contribution in [1.82, 2.24) is 9.55 Å². The summed E-state index contributed by atoms with van der Waals surface area (Å²) in [5.74, 6) is 0.448. The molecule has 1 aromatic carbocycles. The van der Waals surface area contributed by atoms with Crippen molar-refractivity contribution in [2.45, 2.75) is 19.9 Å². The number of hydrogen-bond donors (Lipinski definition) is 0. The highest BCUT2D eigenvalue weighted by molar-refractivity contribution is 6.42. The van der Waals surface area contributed by atoms with Crippen LogP contribution in [0.5, 0.6) is 0 Å². The number of nitrogens with zero attached hydrogens (tertiary/aromatic N) is 2. The molecule has 1 aromatic heterocycles. The predicted molar refractivity (Wildman–Crippen MR) is 72.4 cm³/mol. The smallest absolute Gasteiger partial charge is 0.202 e. The molecule has 0 saturated carbocycles. The van der Waals surface area contributed by atoms with Crippen LogP contribution in [0.1, 0.15) is 23.1 Å². The molecule has 0 fully saturated rings. The van der Waals surface area contributed by atoms with Crippen LogP contribution in [0.3, 0.4) is 0 Å². The Hall–Kier alpha value is -1.32. The lowest BCUT2D eigenvalue weighted by Gasteiger charge is -2.05. The molecule has 2 rings (SSSR count). The summed E-state index contributed by atoms with van der Waals surface area (Å²) in [5.41, 5.74) is 0.833. The highest BCUT2D eigenvalue weighted by Gasteiger charge is 2.13. The minimum absolute atomic E-state index is 0.0276. The van der Waals surface area contributed by atoms with Crippen LogP contribution in [0, 0.1) is 0 Å². The van der Waals surface area contributed by atoms with Gasteiger partial charge in [0.1, 0.15) is 0 Å². The molecule has 0 saturated heterocycles. The lowest BCUT2D eigenvalue weighted by molar-refractivity contribution is 0.0979. The van der Waals surface area contributed by atoms with Gasteiger partial charge < -0.3 is 4.57 Å². The molecule has 2 aromatic rings. The van der Waals surface area contributed by atoms with Crippen molar-refractivity contribution < 1.29 is 4.79 Å². The van der Waals surface area contributed by atoms with E-state index in [1.807, 2.05) is 11.5 Å². The van der Waals surface area contributed by atoms with E-state index < -0.39 is 0 Å². The second-order valence-electron chi connectivity index (χ2n) is 3.89. The minimum atomic E-state index is -0.0276. The zero-order chi connectivity index (χ0) is 13.1. The molecular weight excluding hydrogens is 271 g/mol. The fourth-order valence-electron chi connectivity index (χ4n) is 1.73. The first-order chi connectivity index (χ1) is 8.61. The first-order valence-electron chi connectivity index (χ1n) is 5.60. The van der Waals surface area contributed by atoms with Gasteiger partial charge in [-0.1, -0.05) is 29.3 Å². The van der Waals surface area contributed by atoms with Gasteiger partial charge in [-0.05, 0) is 24.6 Å². The lowest BCUT2D eigenvalue weighted by Crippen LogP contribution is -2.11. The molecule has 0 atom stereocenters. The Morgan fingerprint density at radius 2 is 2.11 bits per heavy atom. The average molecular weight is 283 g/mol. The quantitative estimate of drug-likeness (QED) is 0.803. The fourth-order valence-corrected chi connectivity index (χ4v) is 2.05. The summed E-state index contributed by atoms with van der Waals surface area (Å²) in [4.78, 5) is 16.2. The topological polar surface area (TPSA) is 34.9 Å². The summed E-state index contributed by atoms with van der Waals surface area (Å²) in [6.45, 7) is 2.69. The number of benzene rings is 1. The van der Waals surface area contributed by atoms with Crippen molar-refractivity contribution in [3.05, 3.63) is 52.0 Å². The highest BCUT2D eigenvalue weighted by Crippen LogP contribution is 2.23. The van der Waals surface area contributed by atoms with Crippen molar-refractivity contribution in [3.63, 3.8) is 0 Å². The third-order valence-electron chi connectivity index (χ3n) is 2.65. The van der Waals surface area contributed by atoms with Crippen LogP contribution < -0.4 is 0 Å². The first-order valence-corrected chi connectivity index (χ1v) is 6.35. The number of rotatable bonds is 4. The van der Waals surface area contributed by atoms with Crippen molar-refractivity contribution in [1.29, 1.82) is 0 Å². The monoisotopic (exact) mass is 282 g/mol. The molecule has 0 amide bonds. The maximum absolute atomic E-state index is 12.1. The van der Waals surface area contributed by atoms with Crippen LogP contribution in [0.2, 0.25) is 10.0 Å². The summed E-state index contributed by atoms with van der Waals surface area (Å²) in [6, 6.07) is 5.20. The minimum Gasteiger partial charge on any atom is -0.329 e. The molecule has 0 aliphatic rings. The number of hydrogen-bond acceptors (Lipinski definition) is 2. The first kappa shape index (κ1) is 13.1. The van der Waals surface area contributed by atoms with Gasteiger partial charge >= 0.3 is 0 Å². The van der Waals surface area contributed by atoms with Crippen molar-refractivity contribution >= 4 is 29.0 Å². The summed E-state index contributed by atoms with van der Waals surface area (Å²) >= 11 is 11.7. The SMILES string of the molecule is CCn1ccnc1C(=O)Cc1ccc(Cl)c(Cl)c1. The number of carbonyl (C=O) groups is 1. The van der Waals surface area contributed by atoms with Gasteiger partial charge in [-0.3, -0.25) is 4.79 Å². The average Bonchev–Trinajstić information content (AvgIpc) is 2.82. The lowest BCUT2D eigenvalue weighted by atomic mass is 10.1. The van der Waals surface area contributed by atoms with E-state index in [9.17, 15) is 4.79 Å². The van der Waals surface area contributed by atoms with Gasteiger partial charge in [-0.25, -0.2) is 4.98 Å². The maximum Gasteiger partial charge on any atom is 0.202 e. The van der Waals surface area contributed by atoms with Gasteiger partial charge in [0.2, 0.25) is 5.78 Å². The molecule has 3 nitrogen and oxygen atoms in total. The number of aromatic nitrogens is 2. The number of halogens is 2. The molecule has 0 spiro atoms. The standard InChI is InChI=1S/C13H12Cl2N2O/c1-2-17-6-5-16-13(17)12(18)8-9-3-4-10(14)11(15)7-9/h3-7H,2,8H2,1H3. The van der Waals surface area contributed by atoms with Gasteiger partial charge in [-0.15, -0.1) is 0 Å². The summed E-state index contributed by atoms with van der Waals surface area (Å²) in [6.07, 6.45) is 3.70. The Labute approximate surface area is 115 Å². The largest absolute Gasteiger partial charge is 0.329 e. The van der Waals surface area contributed by atoms with E-state index in [-0.39, 0.29) is 12.2 Å². The van der Waals surface area contributed by atoms with E-state index in [4.69, 9.17) is 23.2 Å². The van der Waals surface area contributed by atoms with Gasteiger partial charge in [0.25, 0.3) is 0 Å². The number of ketones is 1. The normalized spacial score (nSPS) is 10.6. The molecule has 5 heteroatoms. The van der Waals surface area contributed by atoms with E-state index in [1.165, 1.54) is 0 Å². The Kier molecular flexibility index (Phi) is 4.04. The molecule has 18 heavy (non-hydrogen) atoms. The third-order valence-corrected chi connectivity index (χ3v) is 3.39. The van der Waals surface area contributed by atoms with Crippen molar-refractivity contribution in [2.24, 2.45) is 0 Å². The maximum atomic E-state index is 12.1. The van der Waals surface area contributed by atoms with Crippen LogP contribution >= 0.6 is 23.2 Å². The van der Waals surface area contributed by atoms with Crippen LogP contribution in [0.4, 0.5) is 0 Å². The van der Waals surface area contributed by atoms with E-state index in [0.717, 1.165) is 12.1 Å². The van der Waals surface area contributed by atoms with Crippen molar-refractivity contribution in [3.8, 4) is 0 Å². The number of carbonyl (C=O) groups excluding carboxylic acids is 1.